The number of nitrogens with zero attached hydrogens (tertiary/aromatic N) is 1. The second-order valence-electron chi connectivity index (χ2n) is 13.1. The molecule has 0 aromatic heterocycles. The molecule has 178 valence electrons. The summed E-state index contributed by atoms with van der Waals surface area (Å²) in [6, 6.07) is 0. The fourth-order valence-corrected chi connectivity index (χ4v) is 8.91. The van der Waals surface area contributed by atoms with Gasteiger partial charge in [0, 0.05) is 29.7 Å². The van der Waals surface area contributed by atoms with Crippen LogP contribution in [0.3, 0.4) is 0 Å². The Labute approximate surface area is 199 Å². The van der Waals surface area contributed by atoms with E-state index < -0.39 is 0 Å². The molecule has 5 aliphatic rings. The van der Waals surface area contributed by atoms with Gasteiger partial charge in [-0.25, -0.2) is 0 Å². The summed E-state index contributed by atoms with van der Waals surface area (Å²) in [6.45, 7) is 14.3. The summed E-state index contributed by atoms with van der Waals surface area (Å²) >= 11 is 0. The van der Waals surface area contributed by atoms with E-state index in [0.29, 0.717) is 11.3 Å². The standard InChI is InChI=1S/C30H41NO2/c1-19-20-8-9-23-28(4,21(20)16-22(32)25(19)33)13-15-30(6)24-17-26(2,18-31-7)10-11-27(24,3)12-14-29(23,30)5/h8-9,16,18,24,33H,10-15,17H2,1-7H3/b31-18-/t24-,26-,27-,28+,29-,30+/m1/s1. The molecule has 3 fully saturated rings. The first kappa shape index (κ1) is 22.9. The zero-order chi connectivity index (χ0) is 24.0. The third kappa shape index (κ3) is 2.80. The molecule has 0 bridgehead atoms. The quantitative estimate of drug-likeness (QED) is 0.428. The van der Waals surface area contributed by atoms with E-state index in [0.717, 1.165) is 23.1 Å². The average molecular weight is 448 g/mol. The van der Waals surface area contributed by atoms with E-state index in [1.165, 1.54) is 44.1 Å². The first-order valence-electron chi connectivity index (χ1n) is 12.9. The van der Waals surface area contributed by atoms with Gasteiger partial charge in [0.1, 0.15) is 0 Å². The van der Waals surface area contributed by atoms with Gasteiger partial charge in [-0.3, -0.25) is 4.79 Å². The number of allylic oxidation sites excluding steroid dienone is 7. The Kier molecular flexibility index (Phi) is 4.73. The Balaban J connectivity index is 1.64. The Morgan fingerprint density at radius 3 is 2.39 bits per heavy atom. The van der Waals surface area contributed by atoms with E-state index in [-0.39, 0.29) is 33.2 Å². The molecule has 0 aliphatic heterocycles. The number of fused-ring (bicyclic) bond motifs is 7. The molecule has 3 nitrogen and oxygen atoms in total. The van der Waals surface area contributed by atoms with Crippen molar-refractivity contribution in [3.8, 4) is 0 Å². The lowest BCUT2D eigenvalue weighted by atomic mass is 9.34. The third-order valence-electron chi connectivity index (χ3n) is 11.3. The van der Waals surface area contributed by atoms with Crippen LogP contribution in [0.2, 0.25) is 0 Å². The fraction of sp³-hybridized carbons (Fsp3) is 0.667. The summed E-state index contributed by atoms with van der Waals surface area (Å²) in [6.07, 6.45) is 17.0. The zero-order valence-corrected chi connectivity index (χ0v) is 21.6. The van der Waals surface area contributed by atoms with Gasteiger partial charge in [0.25, 0.3) is 0 Å². The number of carbonyl (C=O) groups excluding carboxylic acids is 1. The molecule has 0 aromatic carbocycles. The Morgan fingerprint density at radius 1 is 1.00 bits per heavy atom. The molecule has 3 saturated carbocycles. The molecule has 3 heteroatoms. The van der Waals surface area contributed by atoms with Crippen LogP contribution in [0.5, 0.6) is 0 Å². The van der Waals surface area contributed by atoms with Gasteiger partial charge in [-0.05, 0) is 91.3 Å². The summed E-state index contributed by atoms with van der Waals surface area (Å²) in [7, 11) is 1.92. The molecule has 0 aromatic rings. The van der Waals surface area contributed by atoms with E-state index in [2.05, 4.69) is 58.0 Å². The van der Waals surface area contributed by atoms with Crippen molar-refractivity contribution in [1.29, 1.82) is 0 Å². The maximum atomic E-state index is 12.6. The minimum absolute atomic E-state index is 0.0921. The summed E-state index contributed by atoms with van der Waals surface area (Å²) in [5, 5.41) is 10.3. The second-order valence-corrected chi connectivity index (χ2v) is 13.1. The van der Waals surface area contributed by atoms with E-state index in [4.69, 9.17) is 0 Å². The highest BCUT2D eigenvalue weighted by Gasteiger charge is 2.66. The second kappa shape index (κ2) is 6.83. The monoisotopic (exact) mass is 447 g/mol. The molecular weight excluding hydrogens is 406 g/mol. The number of aliphatic hydroxyl groups excluding tert-OH is 1. The Bertz CT molecular complexity index is 1090. The van der Waals surface area contributed by atoms with Gasteiger partial charge in [-0.15, -0.1) is 0 Å². The fourth-order valence-electron chi connectivity index (χ4n) is 8.91. The summed E-state index contributed by atoms with van der Waals surface area (Å²) in [5.41, 5.74) is 5.16. The van der Waals surface area contributed by atoms with Crippen molar-refractivity contribution in [3.63, 3.8) is 0 Å². The lowest BCUT2D eigenvalue weighted by molar-refractivity contribution is -0.153. The highest BCUT2D eigenvalue weighted by atomic mass is 16.3. The number of hydrogen-bond acceptors (Lipinski definition) is 3. The molecule has 0 unspecified atom stereocenters. The number of ketones is 1. The van der Waals surface area contributed by atoms with Crippen LogP contribution >= 0.6 is 0 Å². The summed E-state index contributed by atoms with van der Waals surface area (Å²) in [5.74, 6) is 0.326. The van der Waals surface area contributed by atoms with Crippen molar-refractivity contribution in [2.24, 2.45) is 38.0 Å². The van der Waals surface area contributed by atoms with Crippen LogP contribution < -0.4 is 0 Å². The third-order valence-corrected chi connectivity index (χ3v) is 11.3. The molecule has 0 spiro atoms. The van der Waals surface area contributed by atoms with Crippen LogP contribution in [0, 0.1) is 33.0 Å². The maximum absolute atomic E-state index is 12.6. The first-order chi connectivity index (χ1) is 15.3. The van der Waals surface area contributed by atoms with Crippen LogP contribution in [0.15, 0.2) is 51.3 Å². The molecule has 6 atom stereocenters. The van der Waals surface area contributed by atoms with Gasteiger partial charge in [0.2, 0.25) is 5.78 Å². The van der Waals surface area contributed by atoms with Crippen LogP contribution in [-0.2, 0) is 4.79 Å². The summed E-state index contributed by atoms with van der Waals surface area (Å²) < 4.78 is 0. The zero-order valence-electron chi connectivity index (χ0n) is 21.6. The van der Waals surface area contributed by atoms with Crippen molar-refractivity contribution in [1.82, 2.24) is 0 Å². The Hall–Kier alpha value is -1.90. The number of aliphatic hydroxyl groups is 1. The molecule has 33 heavy (non-hydrogen) atoms. The number of carbonyl (C=O) groups is 1. The highest BCUT2D eigenvalue weighted by molar-refractivity contribution is 6.06. The maximum Gasteiger partial charge on any atom is 0.220 e. The molecular formula is C30H41NO2. The molecule has 1 N–H and O–H groups in total. The van der Waals surface area contributed by atoms with Crippen molar-refractivity contribution in [2.45, 2.75) is 86.5 Å². The van der Waals surface area contributed by atoms with Gasteiger partial charge in [-0.1, -0.05) is 52.3 Å². The molecule has 5 rings (SSSR count). The lowest BCUT2D eigenvalue weighted by Crippen LogP contribution is -2.61. The lowest BCUT2D eigenvalue weighted by Gasteiger charge is -2.70. The number of rotatable bonds is 1. The van der Waals surface area contributed by atoms with E-state index in [9.17, 15) is 9.90 Å². The predicted molar refractivity (Wildman–Crippen MR) is 135 cm³/mol. The van der Waals surface area contributed by atoms with Crippen molar-refractivity contribution < 1.29 is 9.90 Å². The van der Waals surface area contributed by atoms with Crippen LogP contribution in [0.25, 0.3) is 0 Å². The van der Waals surface area contributed by atoms with Crippen molar-refractivity contribution >= 4 is 12.0 Å². The Morgan fingerprint density at radius 2 is 1.70 bits per heavy atom. The average Bonchev–Trinajstić information content (AvgIpc) is 2.76. The van der Waals surface area contributed by atoms with Gasteiger partial charge >= 0.3 is 0 Å². The normalized spacial score (nSPS) is 47.2. The largest absolute Gasteiger partial charge is 0.504 e. The minimum atomic E-state index is -0.237. The summed E-state index contributed by atoms with van der Waals surface area (Å²) in [4.78, 5) is 17.1. The molecule has 0 radical (unpaired) electrons. The smallest absolute Gasteiger partial charge is 0.220 e. The first-order valence-corrected chi connectivity index (χ1v) is 12.9. The van der Waals surface area contributed by atoms with E-state index in [1.54, 1.807) is 6.08 Å². The SMILES string of the molecule is C/N=C\[C@]1(C)CC[C@]2(C)CC[C@]3(C)C4=CC=C5C(=CC(=O)C(O)=C5C)[C@]4(C)CC[C@@]3(C)[C@@H]2C1. The topological polar surface area (TPSA) is 49.7 Å². The van der Waals surface area contributed by atoms with E-state index >= 15 is 0 Å². The molecule has 0 heterocycles. The van der Waals surface area contributed by atoms with Gasteiger partial charge < -0.3 is 10.1 Å². The van der Waals surface area contributed by atoms with Crippen molar-refractivity contribution in [2.75, 3.05) is 7.05 Å². The van der Waals surface area contributed by atoms with Gasteiger partial charge in [0.05, 0.1) is 0 Å². The highest BCUT2D eigenvalue weighted by Crippen LogP contribution is 2.75. The van der Waals surface area contributed by atoms with Gasteiger partial charge in [0.15, 0.2) is 5.76 Å². The molecule has 0 amide bonds. The number of aliphatic imine (C=N–C) groups is 1. The van der Waals surface area contributed by atoms with Crippen LogP contribution in [-0.4, -0.2) is 24.2 Å². The van der Waals surface area contributed by atoms with Gasteiger partial charge in [-0.2, -0.15) is 0 Å². The van der Waals surface area contributed by atoms with E-state index in [1.807, 2.05) is 14.0 Å². The van der Waals surface area contributed by atoms with Crippen LogP contribution in [0.1, 0.15) is 86.5 Å². The van der Waals surface area contributed by atoms with Crippen molar-refractivity contribution in [3.05, 3.63) is 46.3 Å². The predicted octanol–water partition coefficient (Wildman–Crippen LogP) is 7.31. The molecule has 5 aliphatic carbocycles. The number of hydrogen-bond donors (Lipinski definition) is 1. The van der Waals surface area contributed by atoms with Crippen LogP contribution in [0.4, 0.5) is 0 Å². The minimum Gasteiger partial charge on any atom is -0.504 e. The molecule has 0 saturated heterocycles.